The Labute approximate surface area is 103 Å². The zero-order chi connectivity index (χ0) is 13.0. The van der Waals surface area contributed by atoms with Crippen LogP contribution in [0.3, 0.4) is 0 Å². The molecule has 0 saturated heterocycles. The van der Waals surface area contributed by atoms with Gasteiger partial charge in [0.25, 0.3) is 0 Å². The van der Waals surface area contributed by atoms with Crippen LogP contribution < -0.4 is 0 Å². The van der Waals surface area contributed by atoms with Crippen molar-refractivity contribution in [2.75, 3.05) is 0 Å². The Morgan fingerprint density at radius 2 is 1.69 bits per heavy atom. The van der Waals surface area contributed by atoms with Gasteiger partial charge in [0.2, 0.25) is 0 Å². The Morgan fingerprint density at radius 1 is 1.19 bits per heavy atom. The Morgan fingerprint density at radius 3 is 2.00 bits per heavy atom. The molecule has 0 bridgehead atoms. The Balaban J connectivity index is 4.56. The van der Waals surface area contributed by atoms with E-state index in [0.29, 0.717) is 0 Å². The zero-order valence-electron chi connectivity index (χ0n) is 11.8. The summed E-state index contributed by atoms with van der Waals surface area (Å²) in [7, 11) is -2.64. The first-order valence-electron chi connectivity index (χ1n) is 5.92. The Hall–Kier alpha value is -0.306. The largest absolute Gasteiger partial charge is 0.380 e. The van der Waals surface area contributed by atoms with Gasteiger partial charge in [-0.3, -0.25) is 0 Å². The standard InChI is InChI=1S/C13H26OSi2/c1-8-13(16(5,6)7)11-12(14)9-10-15(2,3)4/h8,12,14H,11H2,1-7H3/b13-8+. The van der Waals surface area contributed by atoms with E-state index in [0.717, 1.165) is 6.42 Å². The van der Waals surface area contributed by atoms with E-state index in [1.165, 1.54) is 5.20 Å². The third-order valence-corrected chi connectivity index (χ3v) is 5.65. The number of aliphatic hydroxyl groups excluding tert-OH is 1. The van der Waals surface area contributed by atoms with E-state index in [-0.39, 0.29) is 0 Å². The maximum atomic E-state index is 9.91. The second-order valence-corrected chi connectivity index (χ2v) is 16.2. The van der Waals surface area contributed by atoms with Gasteiger partial charge in [-0.25, -0.2) is 0 Å². The molecule has 0 aliphatic carbocycles. The van der Waals surface area contributed by atoms with Crippen molar-refractivity contribution in [3.8, 4) is 11.5 Å². The lowest BCUT2D eigenvalue weighted by atomic mass is 10.2. The van der Waals surface area contributed by atoms with Gasteiger partial charge in [0, 0.05) is 6.42 Å². The lowest BCUT2D eigenvalue weighted by Gasteiger charge is -2.21. The van der Waals surface area contributed by atoms with Crippen LogP contribution in [-0.2, 0) is 0 Å². The summed E-state index contributed by atoms with van der Waals surface area (Å²) in [6.07, 6.45) is 2.40. The lowest BCUT2D eigenvalue weighted by molar-refractivity contribution is 0.235. The number of hydrogen-bond donors (Lipinski definition) is 1. The second-order valence-electron chi connectivity index (χ2n) is 6.30. The maximum absolute atomic E-state index is 9.91. The monoisotopic (exact) mass is 254 g/mol. The van der Waals surface area contributed by atoms with Crippen LogP contribution in [-0.4, -0.2) is 27.4 Å². The fourth-order valence-corrected chi connectivity index (χ4v) is 3.69. The molecule has 0 fully saturated rings. The van der Waals surface area contributed by atoms with Crippen LogP contribution in [0.15, 0.2) is 11.3 Å². The molecule has 0 amide bonds. The SMILES string of the molecule is C/C=C(\CC(O)C#C[Si](C)(C)C)[Si](C)(C)C. The van der Waals surface area contributed by atoms with E-state index >= 15 is 0 Å². The zero-order valence-corrected chi connectivity index (χ0v) is 13.8. The predicted octanol–water partition coefficient (Wildman–Crippen LogP) is 3.44. The van der Waals surface area contributed by atoms with Crippen molar-refractivity contribution in [3.05, 3.63) is 11.3 Å². The van der Waals surface area contributed by atoms with Crippen molar-refractivity contribution in [2.45, 2.75) is 58.7 Å². The fraction of sp³-hybridized carbons (Fsp3) is 0.692. The van der Waals surface area contributed by atoms with Gasteiger partial charge in [0.1, 0.15) is 14.2 Å². The number of hydrogen-bond acceptors (Lipinski definition) is 1. The minimum Gasteiger partial charge on any atom is -0.380 e. The van der Waals surface area contributed by atoms with Crippen molar-refractivity contribution in [1.29, 1.82) is 0 Å². The molecule has 0 rings (SSSR count). The summed E-state index contributed by atoms with van der Waals surface area (Å²) in [5.41, 5.74) is 3.23. The molecule has 1 nitrogen and oxygen atoms in total. The van der Waals surface area contributed by atoms with Crippen molar-refractivity contribution in [2.24, 2.45) is 0 Å². The Kier molecular flexibility index (Phi) is 5.74. The van der Waals surface area contributed by atoms with Gasteiger partial charge in [-0.2, -0.15) is 0 Å². The van der Waals surface area contributed by atoms with Crippen molar-refractivity contribution in [3.63, 3.8) is 0 Å². The quantitative estimate of drug-likeness (QED) is 0.604. The summed E-state index contributed by atoms with van der Waals surface area (Å²) in [6.45, 7) is 15.6. The molecule has 0 aromatic heterocycles. The average molecular weight is 255 g/mol. The van der Waals surface area contributed by atoms with Gasteiger partial charge in [0.05, 0.1) is 8.07 Å². The van der Waals surface area contributed by atoms with Crippen LogP contribution in [0.25, 0.3) is 0 Å². The van der Waals surface area contributed by atoms with Gasteiger partial charge < -0.3 is 5.11 Å². The summed E-state index contributed by atoms with van der Waals surface area (Å²) in [5.74, 6) is 3.01. The van der Waals surface area contributed by atoms with Crippen molar-refractivity contribution < 1.29 is 5.11 Å². The summed E-state index contributed by atoms with van der Waals surface area (Å²) < 4.78 is 0. The highest BCUT2D eigenvalue weighted by molar-refractivity contribution is 6.84. The summed E-state index contributed by atoms with van der Waals surface area (Å²) in [6, 6.07) is 0. The van der Waals surface area contributed by atoms with Crippen molar-refractivity contribution >= 4 is 16.1 Å². The maximum Gasteiger partial charge on any atom is 0.129 e. The second kappa shape index (κ2) is 5.85. The molecule has 0 heterocycles. The van der Waals surface area contributed by atoms with E-state index < -0.39 is 22.3 Å². The van der Waals surface area contributed by atoms with Gasteiger partial charge in [-0.1, -0.05) is 56.5 Å². The third-order valence-electron chi connectivity index (χ3n) is 2.34. The highest BCUT2D eigenvalue weighted by Crippen LogP contribution is 2.19. The first-order valence-corrected chi connectivity index (χ1v) is 12.9. The minimum absolute atomic E-state index is 0.482. The van der Waals surface area contributed by atoms with E-state index in [9.17, 15) is 5.11 Å². The number of rotatable bonds is 3. The smallest absolute Gasteiger partial charge is 0.129 e. The van der Waals surface area contributed by atoms with Crippen LogP contribution in [0.2, 0.25) is 39.3 Å². The minimum atomic E-state index is -1.36. The van der Waals surface area contributed by atoms with Crippen LogP contribution in [0.4, 0.5) is 0 Å². The average Bonchev–Trinajstić information content (AvgIpc) is 2.07. The molecule has 16 heavy (non-hydrogen) atoms. The topological polar surface area (TPSA) is 20.2 Å². The fourth-order valence-electron chi connectivity index (χ4n) is 1.42. The normalized spacial score (nSPS) is 15.4. The number of allylic oxidation sites excluding steroid dienone is 1. The predicted molar refractivity (Wildman–Crippen MR) is 78.8 cm³/mol. The summed E-state index contributed by atoms with van der Waals surface area (Å²) in [4.78, 5) is 0. The van der Waals surface area contributed by atoms with Crippen molar-refractivity contribution in [1.82, 2.24) is 0 Å². The molecule has 1 unspecified atom stereocenters. The molecule has 0 aliphatic rings. The Bertz CT molecular complexity index is 308. The number of aliphatic hydroxyl groups is 1. The molecule has 1 atom stereocenters. The summed E-state index contributed by atoms with van der Waals surface area (Å²) in [5, 5.41) is 11.3. The molecule has 0 aromatic carbocycles. The van der Waals surface area contributed by atoms with Crippen LogP contribution in [0, 0.1) is 11.5 Å². The van der Waals surface area contributed by atoms with Crippen LogP contribution >= 0.6 is 0 Å². The first-order chi connectivity index (χ1) is 7.06. The van der Waals surface area contributed by atoms with Gasteiger partial charge >= 0.3 is 0 Å². The highest BCUT2D eigenvalue weighted by Gasteiger charge is 2.20. The molecular formula is C13H26OSi2. The molecule has 0 aliphatic heterocycles. The molecule has 0 saturated carbocycles. The van der Waals surface area contributed by atoms with Gasteiger partial charge in [-0.15, -0.1) is 5.54 Å². The van der Waals surface area contributed by atoms with Crippen LogP contribution in [0.5, 0.6) is 0 Å². The molecule has 0 aromatic rings. The molecular weight excluding hydrogens is 228 g/mol. The molecule has 1 N–H and O–H groups in total. The molecule has 92 valence electrons. The first kappa shape index (κ1) is 15.7. The highest BCUT2D eigenvalue weighted by atomic mass is 28.3. The van der Waals surface area contributed by atoms with E-state index in [1.807, 2.05) is 0 Å². The third kappa shape index (κ3) is 7.05. The van der Waals surface area contributed by atoms with Gasteiger partial charge in [0.15, 0.2) is 0 Å². The lowest BCUT2D eigenvalue weighted by Crippen LogP contribution is -2.27. The van der Waals surface area contributed by atoms with E-state index in [4.69, 9.17) is 0 Å². The van der Waals surface area contributed by atoms with Crippen LogP contribution in [0.1, 0.15) is 13.3 Å². The molecule has 0 spiro atoms. The van der Waals surface area contributed by atoms with E-state index in [2.05, 4.69) is 63.7 Å². The molecule has 0 radical (unpaired) electrons. The van der Waals surface area contributed by atoms with E-state index in [1.54, 1.807) is 0 Å². The van der Waals surface area contributed by atoms with Gasteiger partial charge in [-0.05, 0) is 6.92 Å². The summed E-state index contributed by atoms with van der Waals surface area (Å²) >= 11 is 0. The molecule has 3 heteroatoms.